The van der Waals surface area contributed by atoms with Crippen molar-refractivity contribution in [2.75, 3.05) is 13.1 Å². The Morgan fingerprint density at radius 2 is 2.05 bits per heavy atom. The summed E-state index contributed by atoms with van der Waals surface area (Å²) >= 11 is 0. The van der Waals surface area contributed by atoms with E-state index in [2.05, 4.69) is 0 Å². The van der Waals surface area contributed by atoms with E-state index in [0.29, 0.717) is 24.9 Å². The average molecular weight is 305 g/mol. The molecule has 4 nitrogen and oxygen atoms in total. The molecule has 1 aromatic rings. The van der Waals surface area contributed by atoms with Gasteiger partial charge >= 0.3 is 5.97 Å². The van der Waals surface area contributed by atoms with Gasteiger partial charge in [0.1, 0.15) is 5.82 Å². The van der Waals surface area contributed by atoms with Gasteiger partial charge in [-0.15, -0.1) is 0 Å². The van der Waals surface area contributed by atoms with Crippen LogP contribution in [0.5, 0.6) is 0 Å². The van der Waals surface area contributed by atoms with Crippen molar-refractivity contribution in [1.82, 2.24) is 4.90 Å². The fraction of sp³-hybridized carbons (Fsp3) is 0.529. The standard InChI is InChI=1S/C17H20FNO3/c18-14-6-2-1-4-12(14)10-17(7-8-17)16(22)19-9-3-5-13(11-19)15(20)21/h1-2,4,6,13H,3,5,7-11H2,(H,20,21)/t13-/m0/s1. The van der Waals surface area contributed by atoms with Crippen LogP contribution < -0.4 is 0 Å². The third kappa shape index (κ3) is 2.85. The van der Waals surface area contributed by atoms with Crippen molar-refractivity contribution in [3.8, 4) is 0 Å². The lowest BCUT2D eigenvalue weighted by atomic mass is 9.92. The van der Waals surface area contributed by atoms with Crippen LogP contribution in [0.2, 0.25) is 0 Å². The molecule has 118 valence electrons. The lowest BCUT2D eigenvalue weighted by Crippen LogP contribution is -2.46. The first-order valence-corrected chi connectivity index (χ1v) is 7.77. The Morgan fingerprint density at radius 3 is 2.68 bits per heavy atom. The van der Waals surface area contributed by atoms with Gasteiger partial charge in [-0.3, -0.25) is 9.59 Å². The molecule has 1 saturated carbocycles. The van der Waals surface area contributed by atoms with Crippen LogP contribution in [0, 0.1) is 17.2 Å². The highest BCUT2D eigenvalue weighted by atomic mass is 19.1. The van der Waals surface area contributed by atoms with Crippen LogP contribution in [0.1, 0.15) is 31.2 Å². The number of piperidine rings is 1. The highest BCUT2D eigenvalue weighted by molar-refractivity contribution is 5.86. The SMILES string of the molecule is O=C(O)[C@H]1CCCN(C(=O)C2(Cc3ccccc3F)CC2)C1. The Bertz CT molecular complexity index is 597. The molecule has 0 aromatic heterocycles. The van der Waals surface area contributed by atoms with Crippen molar-refractivity contribution in [3.05, 3.63) is 35.6 Å². The molecule has 0 unspecified atom stereocenters. The number of hydrogen-bond acceptors (Lipinski definition) is 2. The number of benzene rings is 1. The van der Waals surface area contributed by atoms with Gasteiger partial charge in [0.25, 0.3) is 0 Å². The van der Waals surface area contributed by atoms with Gasteiger partial charge in [-0.05, 0) is 43.7 Å². The van der Waals surface area contributed by atoms with Crippen LogP contribution in [0.4, 0.5) is 4.39 Å². The Hall–Kier alpha value is -1.91. The molecule has 0 spiro atoms. The summed E-state index contributed by atoms with van der Waals surface area (Å²) in [4.78, 5) is 25.6. The maximum absolute atomic E-state index is 13.8. The molecule has 1 amide bonds. The van der Waals surface area contributed by atoms with Crippen LogP contribution in [0.3, 0.4) is 0 Å². The minimum absolute atomic E-state index is 0.00158. The highest BCUT2D eigenvalue weighted by Gasteiger charge is 2.52. The van der Waals surface area contributed by atoms with Crippen molar-refractivity contribution in [2.24, 2.45) is 11.3 Å². The Morgan fingerprint density at radius 1 is 1.32 bits per heavy atom. The first-order valence-electron chi connectivity index (χ1n) is 7.77. The molecule has 1 heterocycles. The first kappa shape index (κ1) is 15.0. The molecule has 5 heteroatoms. The third-order valence-corrected chi connectivity index (χ3v) is 4.85. The zero-order valence-corrected chi connectivity index (χ0v) is 12.4. The van der Waals surface area contributed by atoms with Gasteiger partial charge in [-0.1, -0.05) is 18.2 Å². The second kappa shape index (κ2) is 5.71. The van der Waals surface area contributed by atoms with Crippen LogP contribution >= 0.6 is 0 Å². The summed E-state index contributed by atoms with van der Waals surface area (Å²) in [6.07, 6.45) is 3.27. The van der Waals surface area contributed by atoms with E-state index in [9.17, 15) is 14.0 Å². The fourth-order valence-corrected chi connectivity index (χ4v) is 3.32. The Labute approximate surface area is 128 Å². The number of aliphatic carboxylic acids is 1. The predicted molar refractivity (Wildman–Crippen MR) is 78.7 cm³/mol. The zero-order valence-electron chi connectivity index (χ0n) is 12.4. The Kier molecular flexibility index (Phi) is 3.89. The van der Waals surface area contributed by atoms with E-state index < -0.39 is 17.3 Å². The van der Waals surface area contributed by atoms with Gasteiger partial charge in [0.15, 0.2) is 0 Å². The van der Waals surface area contributed by atoms with Crippen LogP contribution in [0.25, 0.3) is 0 Å². The number of halogens is 1. The van der Waals surface area contributed by atoms with Crippen molar-refractivity contribution >= 4 is 11.9 Å². The molecule has 2 fully saturated rings. The minimum Gasteiger partial charge on any atom is -0.481 e. The molecule has 0 bridgehead atoms. The van der Waals surface area contributed by atoms with Gasteiger partial charge in [-0.2, -0.15) is 0 Å². The van der Waals surface area contributed by atoms with E-state index in [1.807, 2.05) is 0 Å². The maximum atomic E-state index is 13.8. The number of hydrogen-bond donors (Lipinski definition) is 1. The van der Waals surface area contributed by atoms with E-state index in [1.165, 1.54) is 6.07 Å². The van der Waals surface area contributed by atoms with Crippen LogP contribution in [0.15, 0.2) is 24.3 Å². The number of carboxylic acid groups (broad SMARTS) is 1. The monoisotopic (exact) mass is 305 g/mol. The summed E-state index contributed by atoms with van der Waals surface area (Å²) in [6.45, 7) is 0.898. The van der Waals surface area contributed by atoms with E-state index in [0.717, 1.165) is 19.3 Å². The quantitative estimate of drug-likeness (QED) is 0.929. The van der Waals surface area contributed by atoms with E-state index in [4.69, 9.17) is 5.11 Å². The number of likely N-dealkylation sites (tertiary alicyclic amines) is 1. The van der Waals surface area contributed by atoms with Gasteiger partial charge in [-0.25, -0.2) is 4.39 Å². The van der Waals surface area contributed by atoms with Gasteiger partial charge in [0, 0.05) is 13.1 Å². The van der Waals surface area contributed by atoms with Gasteiger partial charge < -0.3 is 10.0 Å². The topological polar surface area (TPSA) is 57.6 Å². The number of nitrogens with zero attached hydrogens (tertiary/aromatic N) is 1. The van der Waals surface area contributed by atoms with Crippen LogP contribution in [-0.2, 0) is 16.0 Å². The van der Waals surface area contributed by atoms with Crippen molar-refractivity contribution in [3.63, 3.8) is 0 Å². The van der Waals surface area contributed by atoms with Crippen molar-refractivity contribution < 1.29 is 19.1 Å². The number of amides is 1. The largest absolute Gasteiger partial charge is 0.481 e. The normalized spacial score (nSPS) is 23.1. The highest BCUT2D eigenvalue weighted by Crippen LogP contribution is 2.50. The second-order valence-electron chi connectivity index (χ2n) is 6.48. The predicted octanol–water partition coefficient (Wildman–Crippen LogP) is 2.47. The lowest BCUT2D eigenvalue weighted by Gasteiger charge is -2.33. The van der Waals surface area contributed by atoms with E-state index in [1.54, 1.807) is 23.1 Å². The van der Waals surface area contributed by atoms with E-state index >= 15 is 0 Å². The van der Waals surface area contributed by atoms with Crippen molar-refractivity contribution in [1.29, 1.82) is 0 Å². The molecule has 1 aliphatic heterocycles. The molecule has 1 atom stereocenters. The molecule has 2 aliphatic rings. The number of carbonyl (C=O) groups is 2. The molecule has 22 heavy (non-hydrogen) atoms. The number of carbonyl (C=O) groups excluding carboxylic acids is 1. The van der Waals surface area contributed by atoms with E-state index in [-0.39, 0.29) is 18.3 Å². The maximum Gasteiger partial charge on any atom is 0.308 e. The summed E-state index contributed by atoms with van der Waals surface area (Å²) in [5, 5.41) is 9.14. The molecule has 1 saturated heterocycles. The number of carboxylic acids is 1. The molecule has 1 N–H and O–H groups in total. The minimum atomic E-state index is -0.837. The van der Waals surface area contributed by atoms with Gasteiger partial charge in [0.05, 0.1) is 11.3 Å². The third-order valence-electron chi connectivity index (χ3n) is 4.85. The average Bonchev–Trinajstić information content (AvgIpc) is 3.30. The molecular weight excluding hydrogens is 285 g/mol. The summed E-state index contributed by atoms with van der Waals surface area (Å²) in [7, 11) is 0. The fourth-order valence-electron chi connectivity index (χ4n) is 3.32. The summed E-state index contributed by atoms with van der Waals surface area (Å²) in [6, 6.07) is 6.55. The summed E-state index contributed by atoms with van der Waals surface area (Å²) < 4.78 is 13.8. The van der Waals surface area contributed by atoms with Crippen molar-refractivity contribution in [2.45, 2.75) is 32.1 Å². The first-order chi connectivity index (χ1) is 10.5. The second-order valence-corrected chi connectivity index (χ2v) is 6.48. The molecular formula is C17H20FNO3. The molecule has 1 aliphatic carbocycles. The molecule has 1 aromatic carbocycles. The smallest absolute Gasteiger partial charge is 0.308 e. The zero-order chi connectivity index (χ0) is 15.7. The summed E-state index contributed by atoms with van der Waals surface area (Å²) in [5.41, 5.74) is 0.0583. The lowest BCUT2D eigenvalue weighted by molar-refractivity contribution is -0.147. The summed E-state index contributed by atoms with van der Waals surface area (Å²) in [5.74, 6) is -1.58. The van der Waals surface area contributed by atoms with Crippen LogP contribution in [-0.4, -0.2) is 35.0 Å². The van der Waals surface area contributed by atoms with Gasteiger partial charge in [0.2, 0.25) is 5.91 Å². The Balaban J connectivity index is 1.71. The molecule has 0 radical (unpaired) electrons. The molecule has 3 rings (SSSR count). The number of rotatable bonds is 4.